The summed E-state index contributed by atoms with van der Waals surface area (Å²) < 4.78 is 7.11. The third kappa shape index (κ3) is 3.69. The predicted molar refractivity (Wildman–Crippen MR) is 105 cm³/mol. The summed E-state index contributed by atoms with van der Waals surface area (Å²) in [7, 11) is 0. The Morgan fingerprint density at radius 1 is 1.18 bits per heavy atom. The molecule has 0 radical (unpaired) electrons. The zero-order chi connectivity index (χ0) is 19.5. The van der Waals surface area contributed by atoms with E-state index in [1.807, 2.05) is 22.9 Å². The average molecular weight is 385 g/mol. The number of ether oxygens (including phenoxy) is 1. The Kier molecular flexibility index (Phi) is 5.47. The van der Waals surface area contributed by atoms with Crippen molar-refractivity contribution in [2.45, 2.75) is 25.7 Å². The number of fused-ring (bicyclic) bond motifs is 1. The van der Waals surface area contributed by atoms with Crippen molar-refractivity contribution in [1.29, 1.82) is 0 Å². The topological polar surface area (TPSA) is 79.2 Å². The van der Waals surface area contributed by atoms with E-state index in [9.17, 15) is 9.59 Å². The Bertz CT molecular complexity index is 851. The highest BCUT2D eigenvalue weighted by Crippen LogP contribution is 2.29. The van der Waals surface area contributed by atoms with Crippen LogP contribution in [-0.4, -0.2) is 77.3 Å². The number of piperidine rings is 1. The van der Waals surface area contributed by atoms with Gasteiger partial charge in [0.15, 0.2) is 0 Å². The van der Waals surface area contributed by atoms with Crippen LogP contribution >= 0.6 is 0 Å². The van der Waals surface area contributed by atoms with Crippen LogP contribution in [0.2, 0.25) is 0 Å². The van der Waals surface area contributed by atoms with Crippen molar-refractivity contribution in [3.05, 3.63) is 35.7 Å². The Morgan fingerprint density at radius 3 is 2.64 bits per heavy atom. The first kappa shape index (κ1) is 18.7. The number of nitrogens with zero attached hydrogens (tertiary/aromatic N) is 4. The second-order valence-electron chi connectivity index (χ2n) is 7.35. The normalized spacial score (nSPS) is 18.5. The molecule has 3 amide bonds. The van der Waals surface area contributed by atoms with E-state index in [0.717, 1.165) is 31.4 Å². The van der Waals surface area contributed by atoms with Gasteiger partial charge in [0.05, 0.1) is 30.5 Å². The number of hydrogen-bond donors (Lipinski definition) is 1. The number of carbonyl (C=O) groups is 2. The molecule has 2 aliphatic rings. The molecule has 4 heterocycles. The van der Waals surface area contributed by atoms with Gasteiger partial charge in [-0.15, -0.1) is 0 Å². The Morgan fingerprint density at radius 2 is 1.93 bits per heavy atom. The lowest BCUT2D eigenvalue weighted by Gasteiger charge is -2.32. The number of amides is 3. The summed E-state index contributed by atoms with van der Waals surface area (Å²) in [6, 6.07) is 4.19. The Balaban J connectivity index is 1.50. The maximum absolute atomic E-state index is 12.9. The fraction of sp³-hybridized carbons (Fsp3) is 0.550. The molecule has 0 atom stereocenters. The predicted octanol–water partition coefficient (Wildman–Crippen LogP) is 1.72. The molecule has 0 saturated carbocycles. The molecule has 2 fully saturated rings. The molecule has 0 bridgehead atoms. The van der Waals surface area contributed by atoms with Gasteiger partial charge in [-0.1, -0.05) is 0 Å². The lowest BCUT2D eigenvalue weighted by molar-refractivity contribution is 0.0304. The van der Waals surface area contributed by atoms with E-state index in [1.165, 1.54) is 5.56 Å². The third-order valence-corrected chi connectivity index (χ3v) is 5.66. The maximum atomic E-state index is 12.9. The van der Waals surface area contributed by atoms with E-state index in [0.29, 0.717) is 44.3 Å². The van der Waals surface area contributed by atoms with Crippen molar-refractivity contribution in [2.75, 3.05) is 45.9 Å². The van der Waals surface area contributed by atoms with Crippen LogP contribution in [0.25, 0.3) is 5.52 Å². The van der Waals surface area contributed by atoms with Gasteiger partial charge in [-0.25, -0.2) is 9.31 Å². The van der Waals surface area contributed by atoms with Gasteiger partial charge in [0.25, 0.3) is 5.91 Å². The molecule has 0 aliphatic carbocycles. The van der Waals surface area contributed by atoms with Gasteiger partial charge < -0.3 is 19.9 Å². The SMILES string of the molecule is CCNC(=O)N1CCC(c2ccn3ncc(C(=O)N4CCOCC4)c3c2)CC1. The fourth-order valence-electron chi connectivity index (χ4n) is 4.03. The smallest absolute Gasteiger partial charge is 0.317 e. The monoisotopic (exact) mass is 385 g/mol. The first-order valence-electron chi connectivity index (χ1n) is 10.0. The van der Waals surface area contributed by atoms with E-state index in [-0.39, 0.29) is 11.9 Å². The number of morpholine rings is 1. The van der Waals surface area contributed by atoms with Crippen LogP contribution in [0.1, 0.15) is 41.6 Å². The quantitative estimate of drug-likeness (QED) is 0.873. The van der Waals surface area contributed by atoms with Crippen LogP contribution in [0.5, 0.6) is 0 Å². The molecule has 0 spiro atoms. The fourth-order valence-corrected chi connectivity index (χ4v) is 4.03. The van der Waals surface area contributed by atoms with Gasteiger partial charge in [0.2, 0.25) is 0 Å². The van der Waals surface area contributed by atoms with Crippen molar-refractivity contribution in [3.8, 4) is 0 Å². The summed E-state index contributed by atoms with van der Waals surface area (Å²) in [6.07, 6.45) is 5.44. The Hall–Kier alpha value is -2.61. The lowest BCUT2D eigenvalue weighted by atomic mass is 9.89. The average Bonchev–Trinajstić information content (AvgIpc) is 3.17. The number of rotatable bonds is 3. The van der Waals surface area contributed by atoms with Crippen molar-refractivity contribution < 1.29 is 14.3 Å². The molecular weight excluding hydrogens is 358 g/mol. The number of hydrogen-bond acceptors (Lipinski definition) is 4. The maximum Gasteiger partial charge on any atom is 0.317 e. The van der Waals surface area contributed by atoms with Crippen LogP contribution in [0, 0.1) is 0 Å². The van der Waals surface area contributed by atoms with E-state index >= 15 is 0 Å². The molecule has 2 aliphatic heterocycles. The molecule has 8 nitrogen and oxygen atoms in total. The number of carbonyl (C=O) groups excluding carboxylic acids is 2. The van der Waals surface area contributed by atoms with Crippen LogP contribution < -0.4 is 5.32 Å². The van der Waals surface area contributed by atoms with Crippen LogP contribution in [0.15, 0.2) is 24.5 Å². The van der Waals surface area contributed by atoms with Crippen molar-refractivity contribution >= 4 is 17.5 Å². The van der Waals surface area contributed by atoms with Crippen molar-refractivity contribution in [1.82, 2.24) is 24.7 Å². The molecular formula is C20H27N5O3. The summed E-state index contributed by atoms with van der Waals surface area (Å²) in [4.78, 5) is 28.6. The highest BCUT2D eigenvalue weighted by molar-refractivity contribution is 6.00. The minimum atomic E-state index is 0.0153. The zero-order valence-corrected chi connectivity index (χ0v) is 16.3. The summed E-state index contributed by atoms with van der Waals surface area (Å²) in [5.74, 6) is 0.401. The molecule has 2 aromatic rings. The van der Waals surface area contributed by atoms with Gasteiger partial charge >= 0.3 is 6.03 Å². The summed E-state index contributed by atoms with van der Waals surface area (Å²) in [5.41, 5.74) is 2.70. The van der Waals surface area contributed by atoms with Crippen LogP contribution in [0.3, 0.4) is 0 Å². The molecule has 2 saturated heterocycles. The van der Waals surface area contributed by atoms with Gasteiger partial charge in [0, 0.05) is 38.9 Å². The number of urea groups is 1. The molecule has 0 unspecified atom stereocenters. The van der Waals surface area contributed by atoms with Gasteiger partial charge in [-0.05, 0) is 43.4 Å². The highest BCUT2D eigenvalue weighted by atomic mass is 16.5. The van der Waals surface area contributed by atoms with E-state index in [1.54, 1.807) is 10.7 Å². The third-order valence-electron chi connectivity index (χ3n) is 5.66. The van der Waals surface area contributed by atoms with Gasteiger partial charge in [-0.3, -0.25) is 4.79 Å². The van der Waals surface area contributed by atoms with Gasteiger partial charge in [-0.2, -0.15) is 5.10 Å². The number of pyridine rings is 1. The summed E-state index contributed by atoms with van der Waals surface area (Å²) >= 11 is 0. The van der Waals surface area contributed by atoms with Crippen LogP contribution in [0.4, 0.5) is 4.79 Å². The van der Waals surface area contributed by atoms with E-state index < -0.39 is 0 Å². The van der Waals surface area contributed by atoms with Gasteiger partial charge in [0.1, 0.15) is 0 Å². The minimum absolute atomic E-state index is 0.0153. The van der Waals surface area contributed by atoms with Crippen LogP contribution in [-0.2, 0) is 4.74 Å². The summed E-state index contributed by atoms with van der Waals surface area (Å²) in [5, 5.41) is 7.22. The largest absolute Gasteiger partial charge is 0.378 e. The minimum Gasteiger partial charge on any atom is -0.378 e. The second-order valence-corrected chi connectivity index (χ2v) is 7.35. The zero-order valence-electron chi connectivity index (χ0n) is 16.3. The summed E-state index contributed by atoms with van der Waals surface area (Å²) in [6.45, 7) is 6.49. The molecule has 8 heteroatoms. The second kappa shape index (κ2) is 8.18. The standard InChI is InChI=1S/C20H27N5O3/c1-2-21-20(27)24-6-3-15(4-7-24)16-5-8-25-18(13-16)17(14-22-25)19(26)23-9-11-28-12-10-23/h5,8,13-15H,2-4,6-7,9-12H2,1H3,(H,21,27). The first-order valence-corrected chi connectivity index (χ1v) is 10.0. The van der Waals surface area contributed by atoms with Crippen molar-refractivity contribution in [2.24, 2.45) is 0 Å². The molecule has 0 aromatic carbocycles. The molecule has 2 aromatic heterocycles. The number of nitrogens with one attached hydrogen (secondary N) is 1. The molecule has 4 rings (SSSR count). The van der Waals surface area contributed by atoms with E-state index in [4.69, 9.17) is 4.74 Å². The number of aromatic nitrogens is 2. The lowest BCUT2D eigenvalue weighted by Crippen LogP contribution is -2.44. The molecule has 150 valence electrons. The van der Waals surface area contributed by atoms with E-state index in [2.05, 4.69) is 22.5 Å². The van der Waals surface area contributed by atoms with Crippen molar-refractivity contribution in [3.63, 3.8) is 0 Å². The highest BCUT2D eigenvalue weighted by Gasteiger charge is 2.25. The molecule has 28 heavy (non-hydrogen) atoms. The first-order chi connectivity index (χ1) is 13.7. The Labute approximate surface area is 164 Å². The number of likely N-dealkylation sites (tertiary alicyclic amines) is 1. The molecule has 1 N–H and O–H groups in total.